The number of thioether (sulfide) groups is 1. The average molecular weight is 404 g/mol. The summed E-state index contributed by atoms with van der Waals surface area (Å²) in [5.74, 6) is 0.849. The minimum atomic E-state index is -0.314. The number of likely N-dealkylation sites (N-methyl/N-ethyl adjacent to an activating group) is 1. The quantitative estimate of drug-likeness (QED) is 0.519. The molecule has 2 aromatic carbocycles. The van der Waals surface area contributed by atoms with Crippen LogP contribution >= 0.6 is 24.0 Å². The first-order valence-electron chi connectivity index (χ1n) is 8.32. The van der Waals surface area contributed by atoms with Gasteiger partial charge in [0.1, 0.15) is 28.2 Å². The molecule has 1 aliphatic rings. The van der Waals surface area contributed by atoms with Gasteiger partial charge < -0.3 is 9.47 Å². The number of hydrogen-bond acceptors (Lipinski definition) is 5. The maximum absolute atomic E-state index is 13.0. The van der Waals surface area contributed by atoms with Gasteiger partial charge >= 0.3 is 0 Å². The van der Waals surface area contributed by atoms with Gasteiger partial charge in [0.2, 0.25) is 0 Å². The van der Waals surface area contributed by atoms with Crippen LogP contribution in [-0.2, 0) is 11.4 Å². The fourth-order valence-electron chi connectivity index (χ4n) is 2.62. The second-order valence-corrected chi connectivity index (χ2v) is 7.42. The minimum absolute atomic E-state index is 0.0765. The third kappa shape index (κ3) is 4.48. The van der Waals surface area contributed by atoms with E-state index in [1.807, 2.05) is 31.2 Å². The van der Waals surface area contributed by atoms with Gasteiger partial charge in [0.05, 0.1) is 12.0 Å². The molecule has 1 aliphatic heterocycles. The second kappa shape index (κ2) is 8.54. The third-order valence-corrected chi connectivity index (χ3v) is 5.38. The molecule has 2 aromatic rings. The fraction of sp³-hybridized carbons (Fsp3) is 0.200. The Morgan fingerprint density at radius 3 is 2.59 bits per heavy atom. The molecule has 1 fully saturated rings. The maximum Gasteiger partial charge on any atom is 0.266 e. The summed E-state index contributed by atoms with van der Waals surface area (Å²) >= 11 is 6.54. The lowest BCUT2D eigenvalue weighted by Gasteiger charge is -2.11. The number of thiocarbonyl (C=S) groups is 1. The number of carbonyl (C=O) groups is 1. The third-order valence-electron chi connectivity index (χ3n) is 4.00. The molecule has 0 radical (unpaired) electrons. The van der Waals surface area contributed by atoms with E-state index in [1.54, 1.807) is 24.1 Å². The molecule has 0 atom stereocenters. The molecule has 0 spiro atoms. The van der Waals surface area contributed by atoms with Crippen LogP contribution in [0.5, 0.6) is 11.5 Å². The highest BCUT2D eigenvalue weighted by Crippen LogP contribution is 2.33. The first-order valence-corrected chi connectivity index (χ1v) is 9.55. The van der Waals surface area contributed by atoms with Crippen LogP contribution in [-0.4, -0.2) is 28.8 Å². The molecule has 1 saturated heterocycles. The molecular weight excluding hydrogens is 385 g/mol. The second-order valence-electron chi connectivity index (χ2n) is 5.74. The Balaban J connectivity index is 1.81. The Morgan fingerprint density at radius 2 is 1.96 bits per heavy atom. The van der Waals surface area contributed by atoms with Crippen molar-refractivity contribution in [2.75, 3.05) is 13.7 Å². The largest absolute Gasteiger partial charge is 0.496 e. The van der Waals surface area contributed by atoms with Crippen molar-refractivity contribution < 1.29 is 18.7 Å². The standard InChI is InChI=1S/C20H18FNO3S2/c1-3-22-19(23)18(27-20(22)26)11-13-4-9-17(24-2)14(10-13)12-25-16-7-5-15(21)6-8-16/h4-11H,3,12H2,1-2H3/b18-11+. The van der Waals surface area contributed by atoms with Crippen LogP contribution in [0.3, 0.4) is 0 Å². The Bertz CT molecular complexity index is 897. The average Bonchev–Trinajstić information content (AvgIpc) is 2.94. The number of methoxy groups -OCH3 is 1. The van der Waals surface area contributed by atoms with Gasteiger partial charge in [-0.25, -0.2) is 4.39 Å². The zero-order chi connectivity index (χ0) is 19.4. The van der Waals surface area contributed by atoms with Crippen LogP contribution < -0.4 is 9.47 Å². The van der Waals surface area contributed by atoms with Gasteiger partial charge in [0, 0.05) is 12.1 Å². The molecule has 0 saturated carbocycles. The SMILES string of the molecule is CCN1C(=O)/C(=C\c2ccc(OC)c(COc3ccc(F)cc3)c2)SC1=S. The Labute approximate surface area is 167 Å². The van der Waals surface area contributed by atoms with Crippen molar-refractivity contribution >= 4 is 40.3 Å². The van der Waals surface area contributed by atoms with Gasteiger partial charge in [-0.05, 0) is 55.0 Å². The first-order chi connectivity index (χ1) is 13.0. The molecule has 7 heteroatoms. The summed E-state index contributed by atoms with van der Waals surface area (Å²) in [7, 11) is 1.59. The topological polar surface area (TPSA) is 38.8 Å². The summed E-state index contributed by atoms with van der Waals surface area (Å²) in [6, 6.07) is 11.4. The zero-order valence-electron chi connectivity index (χ0n) is 14.9. The van der Waals surface area contributed by atoms with E-state index in [2.05, 4.69) is 0 Å². The lowest BCUT2D eigenvalue weighted by molar-refractivity contribution is -0.121. The van der Waals surface area contributed by atoms with E-state index in [1.165, 1.54) is 23.9 Å². The van der Waals surface area contributed by atoms with Gasteiger partial charge in [-0.15, -0.1) is 0 Å². The van der Waals surface area contributed by atoms with Crippen molar-refractivity contribution in [2.24, 2.45) is 0 Å². The van der Waals surface area contributed by atoms with E-state index in [4.69, 9.17) is 21.7 Å². The molecular formula is C20H18FNO3S2. The highest BCUT2D eigenvalue weighted by Gasteiger charge is 2.30. The number of halogens is 1. The number of benzene rings is 2. The molecule has 0 unspecified atom stereocenters. The Morgan fingerprint density at radius 1 is 1.22 bits per heavy atom. The van der Waals surface area contributed by atoms with Crippen molar-refractivity contribution in [3.8, 4) is 11.5 Å². The summed E-state index contributed by atoms with van der Waals surface area (Å²) in [6.45, 7) is 2.71. The molecule has 1 heterocycles. The minimum Gasteiger partial charge on any atom is -0.496 e. The number of amides is 1. The van der Waals surface area contributed by atoms with E-state index in [9.17, 15) is 9.18 Å². The monoisotopic (exact) mass is 403 g/mol. The molecule has 27 heavy (non-hydrogen) atoms. The van der Waals surface area contributed by atoms with E-state index in [-0.39, 0.29) is 18.3 Å². The maximum atomic E-state index is 13.0. The Hall–Kier alpha value is -2.38. The molecule has 0 bridgehead atoms. The molecule has 3 rings (SSSR count). The van der Waals surface area contributed by atoms with Crippen molar-refractivity contribution in [1.82, 2.24) is 4.90 Å². The molecule has 140 valence electrons. The van der Waals surface area contributed by atoms with Crippen molar-refractivity contribution in [1.29, 1.82) is 0 Å². The predicted molar refractivity (Wildman–Crippen MR) is 109 cm³/mol. The number of rotatable bonds is 6. The van der Waals surface area contributed by atoms with Crippen LogP contribution in [0.4, 0.5) is 4.39 Å². The van der Waals surface area contributed by atoms with Crippen LogP contribution in [0.15, 0.2) is 47.4 Å². The summed E-state index contributed by atoms with van der Waals surface area (Å²) in [5, 5.41) is 0. The van der Waals surface area contributed by atoms with Gasteiger partial charge in [-0.3, -0.25) is 9.69 Å². The normalized spacial score (nSPS) is 15.5. The highest BCUT2D eigenvalue weighted by molar-refractivity contribution is 8.26. The van der Waals surface area contributed by atoms with E-state index >= 15 is 0 Å². The van der Waals surface area contributed by atoms with Gasteiger partial charge in [0.25, 0.3) is 5.91 Å². The Kier molecular flexibility index (Phi) is 6.13. The summed E-state index contributed by atoms with van der Waals surface area (Å²) in [4.78, 5) is 14.5. The summed E-state index contributed by atoms with van der Waals surface area (Å²) in [5.41, 5.74) is 1.67. The molecule has 1 amide bonds. The van der Waals surface area contributed by atoms with Crippen molar-refractivity contribution in [3.05, 3.63) is 64.3 Å². The number of nitrogens with zero attached hydrogens (tertiary/aromatic N) is 1. The van der Waals surface area contributed by atoms with Crippen LogP contribution in [0.1, 0.15) is 18.1 Å². The lowest BCUT2D eigenvalue weighted by Crippen LogP contribution is -2.27. The first kappa shape index (κ1) is 19.4. The van der Waals surface area contributed by atoms with Gasteiger partial charge in [-0.2, -0.15) is 0 Å². The molecule has 0 N–H and O–H groups in total. The number of hydrogen-bond donors (Lipinski definition) is 0. The lowest BCUT2D eigenvalue weighted by atomic mass is 10.1. The van der Waals surface area contributed by atoms with E-state index in [0.29, 0.717) is 27.3 Å². The van der Waals surface area contributed by atoms with Crippen LogP contribution in [0.25, 0.3) is 6.08 Å². The van der Waals surface area contributed by atoms with Gasteiger partial charge in [0.15, 0.2) is 0 Å². The number of ether oxygens (including phenoxy) is 2. The fourth-order valence-corrected chi connectivity index (χ4v) is 4.00. The van der Waals surface area contributed by atoms with E-state index < -0.39 is 0 Å². The molecule has 4 nitrogen and oxygen atoms in total. The summed E-state index contributed by atoms with van der Waals surface area (Å²) in [6.07, 6.45) is 1.82. The zero-order valence-corrected chi connectivity index (χ0v) is 16.5. The van der Waals surface area contributed by atoms with Crippen molar-refractivity contribution in [3.63, 3.8) is 0 Å². The predicted octanol–water partition coefficient (Wildman–Crippen LogP) is 4.63. The number of carbonyl (C=O) groups excluding carboxylic acids is 1. The smallest absolute Gasteiger partial charge is 0.266 e. The summed E-state index contributed by atoms with van der Waals surface area (Å²) < 4.78 is 24.7. The van der Waals surface area contributed by atoms with Crippen molar-refractivity contribution in [2.45, 2.75) is 13.5 Å². The molecule has 0 aliphatic carbocycles. The van der Waals surface area contributed by atoms with Gasteiger partial charge in [-0.1, -0.05) is 30.0 Å². The van der Waals surface area contributed by atoms with Crippen LogP contribution in [0, 0.1) is 5.82 Å². The van der Waals surface area contributed by atoms with Crippen LogP contribution in [0.2, 0.25) is 0 Å². The highest BCUT2D eigenvalue weighted by atomic mass is 32.2. The van der Waals surface area contributed by atoms with E-state index in [0.717, 1.165) is 11.1 Å². The molecule has 0 aromatic heterocycles.